The number of anilines is 1. The van der Waals surface area contributed by atoms with Gasteiger partial charge in [-0.1, -0.05) is 6.07 Å². The SMILES string of the molecule is COCCOc1ccc(C(F)(F)F)cc1NC(=O)c1cccc(C)n1. The van der Waals surface area contributed by atoms with E-state index in [0.29, 0.717) is 5.69 Å². The zero-order valence-electron chi connectivity index (χ0n) is 13.7. The zero-order chi connectivity index (χ0) is 18.4. The molecule has 1 aromatic heterocycles. The highest BCUT2D eigenvalue weighted by Crippen LogP contribution is 2.35. The van der Waals surface area contributed by atoms with E-state index >= 15 is 0 Å². The molecule has 1 heterocycles. The van der Waals surface area contributed by atoms with Crippen molar-refractivity contribution in [1.82, 2.24) is 4.98 Å². The monoisotopic (exact) mass is 354 g/mol. The highest BCUT2D eigenvalue weighted by atomic mass is 19.4. The van der Waals surface area contributed by atoms with Gasteiger partial charge < -0.3 is 14.8 Å². The number of aryl methyl sites for hydroxylation is 1. The Labute approximate surface area is 142 Å². The van der Waals surface area contributed by atoms with Gasteiger partial charge >= 0.3 is 6.18 Å². The molecule has 1 N–H and O–H groups in total. The highest BCUT2D eigenvalue weighted by molar-refractivity contribution is 6.03. The summed E-state index contributed by atoms with van der Waals surface area (Å²) in [5.74, 6) is -0.509. The molecule has 2 rings (SSSR count). The third kappa shape index (κ3) is 5.18. The van der Waals surface area contributed by atoms with Gasteiger partial charge in [-0.05, 0) is 37.3 Å². The van der Waals surface area contributed by atoms with Crippen molar-refractivity contribution in [3.05, 3.63) is 53.3 Å². The predicted octanol–water partition coefficient (Wildman–Crippen LogP) is 3.69. The van der Waals surface area contributed by atoms with Crippen LogP contribution in [0.15, 0.2) is 36.4 Å². The number of methoxy groups -OCH3 is 1. The Morgan fingerprint density at radius 2 is 1.96 bits per heavy atom. The van der Waals surface area contributed by atoms with Crippen LogP contribution in [0.1, 0.15) is 21.7 Å². The van der Waals surface area contributed by atoms with Crippen molar-refractivity contribution in [3.8, 4) is 5.75 Å². The second kappa shape index (κ2) is 7.98. The quantitative estimate of drug-likeness (QED) is 0.804. The van der Waals surface area contributed by atoms with Crippen LogP contribution in [0.25, 0.3) is 0 Å². The molecule has 0 spiro atoms. The van der Waals surface area contributed by atoms with Crippen molar-refractivity contribution >= 4 is 11.6 Å². The van der Waals surface area contributed by atoms with Crippen molar-refractivity contribution in [2.24, 2.45) is 0 Å². The van der Waals surface area contributed by atoms with Crippen LogP contribution in [0, 0.1) is 6.92 Å². The van der Waals surface area contributed by atoms with Gasteiger partial charge in [-0.25, -0.2) is 4.98 Å². The minimum atomic E-state index is -4.54. The standard InChI is InChI=1S/C17H17F3N2O3/c1-11-4-3-5-13(21-11)16(23)22-14-10-12(17(18,19)20)6-7-15(14)25-9-8-24-2/h3-7,10H,8-9H2,1-2H3,(H,22,23). The van der Waals surface area contributed by atoms with Gasteiger partial charge in [-0.15, -0.1) is 0 Å². The number of nitrogens with one attached hydrogen (secondary N) is 1. The fraction of sp³-hybridized carbons (Fsp3) is 0.294. The number of alkyl halides is 3. The smallest absolute Gasteiger partial charge is 0.416 e. The summed E-state index contributed by atoms with van der Waals surface area (Å²) < 4.78 is 49.0. The fourth-order valence-electron chi connectivity index (χ4n) is 2.02. The van der Waals surface area contributed by atoms with Crippen LogP contribution in [0.2, 0.25) is 0 Å². The maximum Gasteiger partial charge on any atom is 0.416 e. The molecular weight excluding hydrogens is 337 g/mol. The molecule has 0 saturated carbocycles. The lowest BCUT2D eigenvalue weighted by atomic mass is 10.1. The number of ether oxygens (including phenoxy) is 2. The number of amides is 1. The van der Waals surface area contributed by atoms with E-state index in [1.165, 1.54) is 13.2 Å². The summed E-state index contributed by atoms with van der Waals surface area (Å²) in [4.78, 5) is 16.3. The number of nitrogens with zero attached hydrogens (tertiary/aromatic N) is 1. The summed E-state index contributed by atoms with van der Waals surface area (Å²) in [5.41, 5.74) is -0.258. The van der Waals surface area contributed by atoms with Gasteiger partial charge in [-0.2, -0.15) is 13.2 Å². The van der Waals surface area contributed by atoms with Crippen LogP contribution >= 0.6 is 0 Å². The Hall–Kier alpha value is -2.61. The molecule has 0 fully saturated rings. The minimum absolute atomic E-state index is 0.0840. The second-order valence-corrected chi connectivity index (χ2v) is 5.17. The molecule has 0 bridgehead atoms. The van der Waals surface area contributed by atoms with Gasteiger partial charge in [0, 0.05) is 12.8 Å². The molecule has 0 atom stereocenters. The number of hydrogen-bond donors (Lipinski definition) is 1. The summed E-state index contributed by atoms with van der Waals surface area (Å²) in [6.45, 7) is 2.10. The summed E-state index contributed by atoms with van der Waals surface area (Å²) in [5, 5.41) is 2.43. The lowest BCUT2D eigenvalue weighted by molar-refractivity contribution is -0.137. The van der Waals surface area contributed by atoms with Crippen LogP contribution in [-0.4, -0.2) is 31.2 Å². The van der Waals surface area contributed by atoms with E-state index in [1.807, 2.05) is 0 Å². The van der Waals surface area contributed by atoms with E-state index in [9.17, 15) is 18.0 Å². The number of halogens is 3. The highest BCUT2D eigenvalue weighted by Gasteiger charge is 2.31. The predicted molar refractivity (Wildman–Crippen MR) is 85.7 cm³/mol. The van der Waals surface area contributed by atoms with Crippen molar-refractivity contribution in [1.29, 1.82) is 0 Å². The number of hydrogen-bond acceptors (Lipinski definition) is 4. The fourth-order valence-corrected chi connectivity index (χ4v) is 2.02. The average Bonchev–Trinajstić information content (AvgIpc) is 2.55. The van der Waals surface area contributed by atoms with Crippen LogP contribution < -0.4 is 10.1 Å². The van der Waals surface area contributed by atoms with E-state index in [0.717, 1.165) is 18.2 Å². The Balaban J connectivity index is 2.29. The van der Waals surface area contributed by atoms with Crippen molar-refractivity contribution in [2.45, 2.75) is 13.1 Å². The largest absolute Gasteiger partial charge is 0.489 e. The van der Waals surface area contributed by atoms with Crippen molar-refractivity contribution in [3.63, 3.8) is 0 Å². The van der Waals surface area contributed by atoms with Crippen molar-refractivity contribution in [2.75, 3.05) is 25.6 Å². The maximum atomic E-state index is 12.9. The molecule has 25 heavy (non-hydrogen) atoms. The van der Waals surface area contributed by atoms with Gasteiger partial charge in [-0.3, -0.25) is 4.79 Å². The second-order valence-electron chi connectivity index (χ2n) is 5.17. The molecule has 0 aliphatic rings. The van der Waals surface area contributed by atoms with Gasteiger partial charge in [0.1, 0.15) is 18.1 Å². The summed E-state index contributed by atoms with van der Waals surface area (Å²) in [6.07, 6.45) is -4.54. The van der Waals surface area contributed by atoms with E-state index in [1.54, 1.807) is 19.1 Å². The number of aromatic nitrogens is 1. The topological polar surface area (TPSA) is 60.5 Å². The number of rotatable bonds is 6. The van der Waals surface area contributed by atoms with E-state index < -0.39 is 17.6 Å². The molecule has 8 heteroatoms. The Kier molecular flexibility index (Phi) is 5.97. The molecule has 2 aromatic rings. The van der Waals surface area contributed by atoms with Gasteiger partial charge in [0.2, 0.25) is 0 Å². The van der Waals surface area contributed by atoms with Gasteiger partial charge in [0.15, 0.2) is 0 Å². The molecule has 0 radical (unpaired) electrons. The molecule has 5 nitrogen and oxygen atoms in total. The third-order valence-corrected chi connectivity index (χ3v) is 3.22. The van der Waals surface area contributed by atoms with E-state index in [-0.39, 0.29) is 30.3 Å². The number of carbonyl (C=O) groups is 1. The zero-order valence-corrected chi connectivity index (χ0v) is 13.7. The summed E-state index contributed by atoms with van der Waals surface area (Å²) in [7, 11) is 1.47. The van der Waals surface area contributed by atoms with Gasteiger partial charge in [0.05, 0.1) is 17.9 Å². The van der Waals surface area contributed by atoms with Crippen molar-refractivity contribution < 1.29 is 27.4 Å². The normalized spacial score (nSPS) is 11.2. The Bertz CT molecular complexity index is 748. The molecule has 134 valence electrons. The number of benzene rings is 1. The molecular formula is C17H17F3N2O3. The number of pyridine rings is 1. The lowest BCUT2D eigenvalue weighted by Gasteiger charge is -2.15. The molecule has 0 aliphatic carbocycles. The van der Waals surface area contributed by atoms with E-state index in [2.05, 4.69) is 10.3 Å². The number of carbonyl (C=O) groups excluding carboxylic acids is 1. The molecule has 0 saturated heterocycles. The minimum Gasteiger partial charge on any atom is -0.489 e. The first kappa shape index (κ1) is 18.7. The molecule has 0 aliphatic heterocycles. The van der Waals surface area contributed by atoms with Crippen LogP contribution in [0.5, 0.6) is 5.75 Å². The molecule has 1 aromatic carbocycles. The first-order chi connectivity index (χ1) is 11.8. The molecule has 0 unspecified atom stereocenters. The van der Waals surface area contributed by atoms with Crippen LogP contribution in [0.4, 0.5) is 18.9 Å². The Morgan fingerprint density at radius 1 is 1.20 bits per heavy atom. The maximum absolute atomic E-state index is 12.9. The summed E-state index contributed by atoms with van der Waals surface area (Å²) >= 11 is 0. The first-order valence-corrected chi connectivity index (χ1v) is 7.39. The first-order valence-electron chi connectivity index (χ1n) is 7.39. The Morgan fingerprint density at radius 3 is 2.60 bits per heavy atom. The van der Waals surface area contributed by atoms with Crippen LogP contribution in [0.3, 0.4) is 0 Å². The van der Waals surface area contributed by atoms with Gasteiger partial charge in [0.25, 0.3) is 5.91 Å². The molecule has 1 amide bonds. The third-order valence-electron chi connectivity index (χ3n) is 3.22. The van der Waals surface area contributed by atoms with Crippen LogP contribution in [-0.2, 0) is 10.9 Å². The average molecular weight is 354 g/mol. The van der Waals surface area contributed by atoms with E-state index in [4.69, 9.17) is 9.47 Å². The lowest BCUT2D eigenvalue weighted by Crippen LogP contribution is -2.16. The summed E-state index contributed by atoms with van der Waals surface area (Å²) in [6, 6.07) is 7.71.